The Morgan fingerprint density at radius 2 is 2.38 bits per heavy atom. The van der Waals surface area contributed by atoms with Gasteiger partial charge in [0.2, 0.25) is 0 Å². The van der Waals surface area contributed by atoms with Crippen LogP contribution in [0.5, 0.6) is 0 Å². The minimum Gasteiger partial charge on any atom is -0.478 e. The normalized spacial score (nSPS) is 21.2. The van der Waals surface area contributed by atoms with E-state index < -0.39 is 11.5 Å². The molecule has 0 bridgehead atoms. The molecule has 1 N–H and O–H groups in total. The number of aromatic carboxylic acids is 1. The molecule has 1 aliphatic rings. The molecule has 0 spiro atoms. The molecule has 0 fully saturated rings. The molecule has 1 unspecified atom stereocenters. The van der Waals surface area contributed by atoms with Gasteiger partial charge in [-0.2, -0.15) is 0 Å². The van der Waals surface area contributed by atoms with Crippen molar-refractivity contribution in [1.82, 2.24) is 4.90 Å². The van der Waals surface area contributed by atoms with Crippen LogP contribution in [0.2, 0.25) is 0 Å². The molecule has 2 rings (SSSR count). The van der Waals surface area contributed by atoms with E-state index in [0.29, 0.717) is 13.1 Å². The summed E-state index contributed by atoms with van der Waals surface area (Å²) in [5.41, 5.74) is 0.191. The van der Waals surface area contributed by atoms with E-state index in [1.165, 1.54) is 0 Å². The minimum absolute atomic E-state index is 0.211. The minimum atomic E-state index is -1.00. The third-order valence-corrected chi connectivity index (χ3v) is 3.50. The molecule has 0 radical (unpaired) electrons. The largest absolute Gasteiger partial charge is 0.478 e. The molecule has 0 amide bonds. The summed E-state index contributed by atoms with van der Waals surface area (Å²) < 4.78 is 13.5. The Labute approximate surface area is 97.3 Å². The number of thioether (sulfide) groups is 1. The van der Waals surface area contributed by atoms with Crippen LogP contribution in [-0.4, -0.2) is 35.1 Å². The molecule has 1 aliphatic heterocycles. The van der Waals surface area contributed by atoms with Crippen LogP contribution in [0.25, 0.3) is 0 Å². The molecule has 0 aliphatic carbocycles. The monoisotopic (exact) mass is 241 g/mol. The van der Waals surface area contributed by atoms with Crippen LogP contribution in [0.1, 0.15) is 15.9 Å². The van der Waals surface area contributed by atoms with Crippen molar-refractivity contribution >= 4 is 17.7 Å². The summed E-state index contributed by atoms with van der Waals surface area (Å²) in [6.07, 6.45) is 0. The number of hydrogen-bond acceptors (Lipinski definition) is 3. The van der Waals surface area contributed by atoms with Gasteiger partial charge in [0.15, 0.2) is 5.50 Å². The SMILES string of the molecule is CN1Cc2ccc(C(=O)O)cc2SC(F)C1. The smallest absolute Gasteiger partial charge is 0.335 e. The molecule has 0 saturated carbocycles. The molecule has 16 heavy (non-hydrogen) atoms. The maximum Gasteiger partial charge on any atom is 0.335 e. The quantitative estimate of drug-likeness (QED) is 0.818. The summed E-state index contributed by atoms with van der Waals surface area (Å²) in [7, 11) is 1.85. The van der Waals surface area contributed by atoms with E-state index in [-0.39, 0.29) is 5.56 Å². The lowest BCUT2D eigenvalue weighted by atomic mass is 10.1. The maximum atomic E-state index is 13.5. The summed E-state index contributed by atoms with van der Waals surface area (Å²) in [6, 6.07) is 4.88. The van der Waals surface area contributed by atoms with Crippen LogP contribution in [0, 0.1) is 0 Å². The predicted octanol–water partition coefficient (Wildman–Crippen LogP) is 2.22. The Hall–Kier alpha value is -1.07. The fraction of sp³-hybridized carbons (Fsp3) is 0.364. The van der Waals surface area contributed by atoms with Gasteiger partial charge in [0.05, 0.1) is 5.56 Å². The maximum absolute atomic E-state index is 13.5. The van der Waals surface area contributed by atoms with Gasteiger partial charge in [-0.25, -0.2) is 9.18 Å². The second-order valence-corrected chi connectivity index (χ2v) is 5.04. The number of carboxylic acids is 1. The number of nitrogens with zero attached hydrogens (tertiary/aromatic N) is 1. The highest BCUT2D eigenvalue weighted by molar-refractivity contribution is 7.99. The van der Waals surface area contributed by atoms with Crippen molar-refractivity contribution in [3.63, 3.8) is 0 Å². The highest BCUT2D eigenvalue weighted by Crippen LogP contribution is 2.32. The number of benzene rings is 1. The Morgan fingerprint density at radius 3 is 3.06 bits per heavy atom. The number of hydrogen-bond donors (Lipinski definition) is 1. The molecular weight excluding hydrogens is 229 g/mol. The average molecular weight is 241 g/mol. The lowest BCUT2D eigenvalue weighted by molar-refractivity contribution is 0.0696. The fourth-order valence-electron chi connectivity index (χ4n) is 1.70. The van der Waals surface area contributed by atoms with Crippen molar-refractivity contribution in [2.24, 2.45) is 0 Å². The Balaban J connectivity index is 2.38. The molecule has 0 aromatic heterocycles. The van der Waals surface area contributed by atoms with Crippen LogP contribution in [0.15, 0.2) is 23.1 Å². The molecule has 1 atom stereocenters. The van der Waals surface area contributed by atoms with E-state index in [4.69, 9.17) is 5.11 Å². The third-order valence-electron chi connectivity index (χ3n) is 2.46. The lowest BCUT2D eigenvalue weighted by Crippen LogP contribution is -2.22. The molecule has 5 heteroatoms. The van der Waals surface area contributed by atoms with E-state index in [1.54, 1.807) is 18.2 Å². The third kappa shape index (κ3) is 2.36. The zero-order chi connectivity index (χ0) is 11.7. The number of fused-ring (bicyclic) bond motifs is 1. The van der Waals surface area contributed by atoms with Gasteiger partial charge in [-0.15, -0.1) is 0 Å². The van der Waals surface area contributed by atoms with Gasteiger partial charge in [-0.1, -0.05) is 17.8 Å². The van der Waals surface area contributed by atoms with Crippen molar-refractivity contribution in [1.29, 1.82) is 0 Å². The van der Waals surface area contributed by atoms with Gasteiger partial charge in [-0.05, 0) is 24.7 Å². The van der Waals surface area contributed by atoms with E-state index in [0.717, 1.165) is 22.2 Å². The molecular formula is C11H12FNO2S. The number of alkyl halides is 1. The molecule has 3 nitrogen and oxygen atoms in total. The zero-order valence-electron chi connectivity index (χ0n) is 8.81. The topological polar surface area (TPSA) is 40.5 Å². The van der Waals surface area contributed by atoms with Crippen LogP contribution in [-0.2, 0) is 6.54 Å². The predicted molar refractivity (Wildman–Crippen MR) is 60.5 cm³/mol. The van der Waals surface area contributed by atoms with Crippen molar-refractivity contribution in [2.45, 2.75) is 16.9 Å². The Morgan fingerprint density at radius 1 is 1.62 bits per heavy atom. The van der Waals surface area contributed by atoms with Crippen LogP contribution in [0.3, 0.4) is 0 Å². The molecule has 0 saturated heterocycles. The fourth-order valence-corrected chi connectivity index (χ4v) is 2.79. The number of halogens is 1. The van der Waals surface area contributed by atoms with Crippen molar-refractivity contribution in [3.8, 4) is 0 Å². The van der Waals surface area contributed by atoms with Crippen LogP contribution >= 0.6 is 11.8 Å². The van der Waals surface area contributed by atoms with Crippen molar-refractivity contribution < 1.29 is 14.3 Å². The summed E-state index contributed by atoms with van der Waals surface area (Å²) in [5.74, 6) is -0.976. The molecule has 86 valence electrons. The van der Waals surface area contributed by atoms with Gasteiger partial charge < -0.3 is 5.11 Å². The van der Waals surface area contributed by atoms with Gasteiger partial charge in [0.1, 0.15) is 0 Å². The number of rotatable bonds is 1. The first-order valence-electron chi connectivity index (χ1n) is 4.92. The van der Waals surface area contributed by atoms with E-state index in [9.17, 15) is 9.18 Å². The van der Waals surface area contributed by atoms with Crippen molar-refractivity contribution in [3.05, 3.63) is 29.3 Å². The van der Waals surface area contributed by atoms with Gasteiger partial charge in [-0.3, -0.25) is 4.90 Å². The first kappa shape index (κ1) is 11.4. The highest BCUT2D eigenvalue weighted by atomic mass is 32.2. The van der Waals surface area contributed by atoms with E-state index in [1.807, 2.05) is 11.9 Å². The molecule has 1 aromatic rings. The van der Waals surface area contributed by atoms with Gasteiger partial charge in [0.25, 0.3) is 0 Å². The Bertz CT molecular complexity index is 424. The van der Waals surface area contributed by atoms with Crippen molar-refractivity contribution in [2.75, 3.05) is 13.6 Å². The average Bonchev–Trinajstić information content (AvgIpc) is 2.32. The van der Waals surface area contributed by atoms with E-state index in [2.05, 4.69) is 0 Å². The first-order chi connectivity index (χ1) is 7.56. The summed E-state index contributed by atoms with van der Waals surface area (Å²) in [6.45, 7) is 1.02. The summed E-state index contributed by atoms with van der Waals surface area (Å²) >= 11 is 1.10. The van der Waals surface area contributed by atoms with Crippen LogP contribution < -0.4 is 0 Å². The first-order valence-corrected chi connectivity index (χ1v) is 5.79. The second kappa shape index (κ2) is 4.43. The second-order valence-electron chi connectivity index (χ2n) is 3.85. The summed E-state index contributed by atoms with van der Waals surface area (Å²) in [5, 5.41) is 8.86. The zero-order valence-corrected chi connectivity index (χ0v) is 9.63. The Kier molecular flexibility index (Phi) is 3.16. The van der Waals surface area contributed by atoms with Crippen LogP contribution in [0.4, 0.5) is 4.39 Å². The van der Waals surface area contributed by atoms with E-state index >= 15 is 0 Å². The van der Waals surface area contributed by atoms with Gasteiger partial charge in [0, 0.05) is 18.0 Å². The summed E-state index contributed by atoms with van der Waals surface area (Å²) in [4.78, 5) is 13.4. The highest BCUT2D eigenvalue weighted by Gasteiger charge is 2.20. The number of carbonyl (C=O) groups is 1. The molecule has 1 aromatic carbocycles. The molecule has 1 heterocycles. The van der Waals surface area contributed by atoms with Gasteiger partial charge >= 0.3 is 5.97 Å². The number of carboxylic acid groups (broad SMARTS) is 1. The lowest BCUT2D eigenvalue weighted by Gasteiger charge is -2.13. The standard InChI is InChI=1S/C11H12FNO2S/c1-13-5-8-3-2-7(11(14)15)4-9(8)16-10(12)6-13/h2-4,10H,5-6H2,1H3,(H,14,15).